The van der Waals surface area contributed by atoms with Gasteiger partial charge < -0.3 is 15.4 Å². The first-order chi connectivity index (χ1) is 16.4. The zero-order valence-electron chi connectivity index (χ0n) is 19.2. The Bertz CT molecular complexity index is 1180. The molecule has 1 saturated heterocycles. The smallest absolute Gasteiger partial charge is 0.325 e. The zero-order chi connectivity index (χ0) is 24.1. The second-order valence-corrected chi connectivity index (χ2v) is 8.49. The Balaban J connectivity index is 1.34. The van der Waals surface area contributed by atoms with Crippen molar-refractivity contribution in [2.24, 2.45) is 0 Å². The summed E-state index contributed by atoms with van der Waals surface area (Å²) in [7, 11) is 1.60. The Morgan fingerprint density at radius 3 is 2.24 bits per heavy atom. The van der Waals surface area contributed by atoms with Crippen molar-refractivity contribution in [1.82, 2.24) is 10.2 Å². The normalized spacial score (nSPS) is 17.4. The first kappa shape index (κ1) is 23.0. The number of aryl methyl sites for hydroxylation is 1. The maximum Gasteiger partial charge on any atom is 0.325 e. The number of urea groups is 1. The van der Waals surface area contributed by atoms with Crippen LogP contribution in [0.15, 0.2) is 78.9 Å². The van der Waals surface area contributed by atoms with Crippen LogP contribution in [0.25, 0.3) is 11.1 Å². The lowest BCUT2D eigenvalue weighted by atomic mass is 9.93. The topological polar surface area (TPSA) is 87.7 Å². The van der Waals surface area contributed by atoms with Gasteiger partial charge in [0.25, 0.3) is 5.91 Å². The van der Waals surface area contributed by atoms with E-state index in [0.717, 1.165) is 27.3 Å². The molecule has 2 N–H and O–H groups in total. The summed E-state index contributed by atoms with van der Waals surface area (Å²) >= 11 is 0. The van der Waals surface area contributed by atoms with E-state index in [1.54, 1.807) is 26.2 Å². The van der Waals surface area contributed by atoms with Gasteiger partial charge in [0.05, 0.1) is 7.11 Å². The second-order valence-electron chi connectivity index (χ2n) is 8.49. The maximum absolute atomic E-state index is 13.0. The zero-order valence-corrected chi connectivity index (χ0v) is 19.2. The molecule has 0 aliphatic carbocycles. The third-order valence-electron chi connectivity index (χ3n) is 6.00. The Hall–Kier alpha value is -4.13. The highest BCUT2D eigenvalue weighted by molar-refractivity contribution is 6.09. The molecular weight excluding hydrogens is 430 g/mol. The van der Waals surface area contributed by atoms with E-state index in [9.17, 15) is 14.4 Å². The van der Waals surface area contributed by atoms with Crippen LogP contribution in [0.2, 0.25) is 0 Å². The van der Waals surface area contributed by atoms with Crippen molar-refractivity contribution in [3.63, 3.8) is 0 Å². The van der Waals surface area contributed by atoms with E-state index < -0.39 is 23.4 Å². The number of hydrogen-bond acceptors (Lipinski definition) is 4. The molecule has 4 amide bonds. The average Bonchev–Trinajstić information content (AvgIpc) is 3.07. The second kappa shape index (κ2) is 9.79. The summed E-state index contributed by atoms with van der Waals surface area (Å²) in [5.41, 5.74) is 2.67. The van der Waals surface area contributed by atoms with E-state index in [0.29, 0.717) is 18.5 Å². The van der Waals surface area contributed by atoms with Crippen LogP contribution < -0.4 is 15.4 Å². The number of imide groups is 1. The molecule has 1 heterocycles. The van der Waals surface area contributed by atoms with Crippen LogP contribution in [0.4, 0.5) is 10.5 Å². The van der Waals surface area contributed by atoms with Crippen molar-refractivity contribution in [1.29, 1.82) is 0 Å². The number of benzene rings is 3. The minimum atomic E-state index is -1.06. The molecule has 1 aliphatic rings. The Labute approximate surface area is 198 Å². The molecule has 1 atom stereocenters. The lowest BCUT2D eigenvalue weighted by Gasteiger charge is -2.21. The summed E-state index contributed by atoms with van der Waals surface area (Å²) < 4.78 is 5.16. The van der Waals surface area contributed by atoms with Crippen LogP contribution in [0.3, 0.4) is 0 Å². The highest BCUT2D eigenvalue weighted by atomic mass is 16.5. The van der Waals surface area contributed by atoms with Gasteiger partial charge in [-0.15, -0.1) is 0 Å². The Kier molecular flexibility index (Phi) is 6.63. The van der Waals surface area contributed by atoms with Crippen LogP contribution in [0, 0.1) is 0 Å². The molecular formula is C27H27N3O4. The summed E-state index contributed by atoms with van der Waals surface area (Å²) in [4.78, 5) is 39.0. The van der Waals surface area contributed by atoms with Gasteiger partial charge in [-0.2, -0.15) is 0 Å². The molecule has 34 heavy (non-hydrogen) atoms. The first-order valence-corrected chi connectivity index (χ1v) is 11.1. The fraction of sp³-hybridized carbons (Fsp3) is 0.222. The van der Waals surface area contributed by atoms with Gasteiger partial charge in [-0.1, -0.05) is 54.6 Å². The number of amides is 4. The number of nitrogens with zero attached hydrogens (tertiary/aromatic N) is 1. The van der Waals surface area contributed by atoms with Gasteiger partial charge in [-0.25, -0.2) is 4.79 Å². The number of hydrogen-bond donors (Lipinski definition) is 2. The van der Waals surface area contributed by atoms with E-state index in [4.69, 9.17) is 4.74 Å². The number of carbonyl (C=O) groups is 3. The summed E-state index contributed by atoms with van der Waals surface area (Å²) in [5.74, 6) is -0.0805. The number of anilines is 1. The molecule has 1 fully saturated rings. The Morgan fingerprint density at radius 1 is 0.941 bits per heavy atom. The molecule has 3 aromatic rings. The third kappa shape index (κ3) is 5.09. The van der Waals surface area contributed by atoms with Gasteiger partial charge in [0.15, 0.2) is 0 Å². The summed E-state index contributed by atoms with van der Waals surface area (Å²) in [6.45, 7) is 1.35. The molecule has 0 saturated carbocycles. The van der Waals surface area contributed by atoms with Crippen LogP contribution >= 0.6 is 0 Å². The number of carbonyl (C=O) groups excluding carboxylic acids is 3. The Morgan fingerprint density at radius 2 is 1.59 bits per heavy atom. The molecule has 4 rings (SSSR count). The largest absolute Gasteiger partial charge is 0.497 e. The van der Waals surface area contributed by atoms with E-state index in [-0.39, 0.29) is 6.54 Å². The van der Waals surface area contributed by atoms with Crippen molar-refractivity contribution in [3.05, 3.63) is 84.4 Å². The molecule has 3 aromatic carbocycles. The third-order valence-corrected chi connectivity index (χ3v) is 6.00. The van der Waals surface area contributed by atoms with Crippen molar-refractivity contribution in [2.75, 3.05) is 19.0 Å². The maximum atomic E-state index is 13.0. The van der Waals surface area contributed by atoms with Gasteiger partial charge in [0, 0.05) is 5.69 Å². The van der Waals surface area contributed by atoms with Crippen LogP contribution in [-0.2, 0) is 16.0 Å². The predicted molar refractivity (Wildman–Crippen MR) is 130 cm³/mol. The van der Waals surface area contributed by atoms with Crippen molar-refractivity contribution in [3.8, 4) is 16.9 Å². The van der Waals surface area contributed by atoms with Gasteiger partial charge in [-0.3, -0.25) is 14.5 Å². The van der Waals surface area contributed by atoms with Gasteiger partial charge in [0.1, 0.15) is 17.8 Å². The van der Waals surface area contributed by atoms with Crippen LogP contribution in [0.1, 0.15) is 18.9 Å². The lowest BCUT2D eigenvalue weighted by Crippen LogP contribution is -2.45. The van der Waals surface area contributed by atoms with Crippen LogP contribution in [-0.4, -0.2) is 41.9 Å². The number of ether oxygens (including phenoxy) is 1. The molecule has 7 heteroatoms. The van der Waals surface area contributed by atoms with Crippen molar-refractivity contribution < 1.29 is 19.1 Å². The minimum Gasteiger partial charge on any atom is -0.497 e. The highest BCUT2D eigenvalue weighted by Gasteiger charge is 2.47. The minimum absolute atomic E-state index is 0.344. The number of rotatable bonds is 8. The van der Waals surface area contributed by atoms with Crippen molar-refractivity contribution >= 4 is 23.5 Å². The van der Waals surface area contributed by atoms with E-state index in [1.165, 1.54) is 0 Å². The SMILES string of the molecule is COc1ccc(CCC2(C)NC(=O)N(CC(=O)Nc3ccc(-c4ccccc4)cc3)C2=O)cc1. The molecule has 0 radical (unpaired) electrons. The monoisotopic (exact) mass is 457 g/mol. The molecule has 1 unspecified atom stereocenters. The standard InChI is InChI=1S/C27H27N3O4/c1-27(17-16-19-8-14-23(34-2)15-9-19)25(32)30(26(33)29-27)18-24(31)28-22-12-10-21(11-13-22)20-6-4-3-5-7-20/h3-15H,16-18H2,1-2H3,(H,28,31)(H,29,33). The number of methoxy groups -OCH3 is 1. The fourth-order valence-corrected chi connectivity index (χ4v) is 3.97. The summed E-state index contributed by atoms with van der Waals surface area (Å²) in [6.07, 6.45) is 1.02. The molecule has 174 valence electrons. The first-order valence-electron chi connectivity index (χ1n) is 11.1. The van der Waals surface area contributed by atoms with Gasteiger partial charge in [-0.05, 0) is 60.7 Å². The van der Waals surface area contributed by atoms with Crippen molar-refractivity contribution in [2.45, 2.75) is 25.3 Å². The van der Waals surface area contributed by atoms with Gasteiger partial charge in [0.2, 0.25) is 5.91 Å². The number of nitrogens with one attached hydrogen (secondary N) is 2. The van der Waals surface area contributed by atoms with E-state index >= 15 is 0 Å². The highest BCUT2D eigenvalue weighted by Crippen LogP contribution is 2.25. The lowest BCUT2D eigenvalue weighted by molar-refractivity contribution is -0.133. The van der Waals surface area contributed by atoms with Gasteiger partial charge >= 0.3 is 6.03 Å². The molecule has 0 aromatic heterocycles. The van der Waals surface area contributed by atoms with E-state index in [2.05, 4.69) is 10.6 Å². The average molecular weight is 458 g/mol. The molecule has 7 nitrogen and oxygen atoms in total. The summed E-state index contributed by atoms with van der Waals surface area (Å²) in [6, 6.07) is 24.3. The predicted octanol–water partition coefficient (Wildman–Crippen LogP) is 4.24. The van der Waals surface area contributed by atoms with E-state index in [1.807, 2.05) is 66.7 Å². The molecule has 1 aliphatic heterocycles. The molecule has 0 bridgehead atoms. The quantitative estimate of drug-likeness (QED) is 0.495. The van der Waals surface area contributed by atoms with Crippen LogP contribution in [0.5, 0.6) is 5.75 Å². The summed E-state index contributed by atoms with van der Waals surface area (Å²) in [5, 5.41) is 5.51. The molecule has 0 spiro atoms. The fourth-order valence-electron chi connectivity index (χ4n) is 3.97.